The fourth-order valence-corrected chi connectivity index (χ4v) is 4.81. The van der Waals surface area contributed by atoms with Crippen molar-refractivity contribution in [2.45, 2.75) is 25.2 Å². The third kappa shape index (κ3) is 4.70. The van der Waals surface area contributed by atoms with Gasteiger partial charge in [-0.2, -0.15) is 0 Å². The van der Waals surface area contributed by atoms with Gasteiger partial charge in [0.05, 0.1) is 11.1 Å². The molecular weight excluding hydrogens is 472 g/mol. The van der Waals surface area contributed by atoms with Crippen LogP contribution in [0.15, 0.2) is 72.8 Å². The van der Waals surface area contributed by atoms with Gasteiger partial charge in [0.25, 0.3) is 11.8 Å². The molecule has 8 nitrogen and oxygen atoms in total. The van der Waals surface area contributed by atoms with Crippen LogP contribution >= 0.6 is 0 Å². The van der Waals surface area contributed by atoms with E-state index in [0.717, 1.165) is 11.1 Å². The van der Waals surface area contributed by atoms with Crippen molar-refractivity contribution in [1.82, 2.24) is 9.96 Å². The lowest BCUT2D eigenvalue weighted by molar-refractivity contribution is -0.168. The zero-order chi connectivity index (χ0) is 25.9. The average Bonchev–Trinajstić information content (AvgIpc) is 3.37. The van der Waals surface area contributed by atoms with Gasteiger partial charge in [-0.05, 0) is 47.2 Å². The van der Waals surface area contributed by atoms with Crippen LogP contribution in [0.3, 0.4) is 0 Å². The molecule has 188 valence electrons. The summed E-state index contributed by atoms with van der Waals surface area (Å²) in [5, 5.41) is 0.510. The molecule has 0 saturated heterocycles. The number of unbranched alkanes of at least 4 members (excludes halogenated alkanes) is 1. The molecule has 1 aliphatic carbocycles. The monoisotopic (exact) mass is 498 g/mol. The van der Waals surface area contributed by atoms with Crippen molar-refractivity contribution < 1.29 is 28.8 Å². The minimum absolute atomic E-state index is 0.00589. The number of ether oxygens (including phenoxy) is 1. The first-order chi connectivity index (χ1) is 18.0. The Kier molecular flexibility index (Phi) is 6.72. The molecule has 0 N–H and O–H groups in total. The first-order valence-electron chi connectivity index (χ1n) is 12.2. The number of hydroxylamine groups is 2. The maximum atomic E-state index is 12.6. The lowest BCUT2D eigenvalue weighted by Crippen LogP contribution is -2.32. The van der Waals surface area contributed by atoms with Crippen molar-refractivity contribution >= 4 is 23.9 Å². The van der Waals surface area contributed by atoms with Crippen LogP contribution in [0.1, 0.15) is 57.0 Å². The number of carbonyl (C=O) groups excluding carboxylic acids is 4. The third-order valence-corrected chi connectivity index (χ3v) is 6.72. The van der Waals surface area contributed by atoms with E-state index in [9.17, 15) is 19.2 Å². The minimum Gasteiger partial charge on any atom is -0.448 e. The first kappa shape index (κ1) is 24.2. The zero-order valence-electron chi connectivity index (χ0n) is 20.4. The van der Waals surface area contributed by atoms with Crippen molar-refractivity contribution in [3.8, 4) is 11.1 Å². The number of benzene rings is 3. The van der Waals surface area contributed by atoms with Crippen LogP contribution in [-0.2, 0) is 14.4 Å². The summed E-state index contributed by atoms with van der Waals surface area (Å²) in [6, 6.07) is 22.6. The van der Waals surface area contributed by atoms with Crippen LogP contribution in [0.5, 0.6) is 0 Å². The predicted octanol–water partition coefficient (Wildman–Crippen LogP) is 4.79. The number of amides is 3. The van der Waals surface area contributed by atoms with Crippen molar-refractivity contribution in [3.05, 3.63) is 95.1 Å². The van der Waals surface area contributed by atoms with Gasteiger partial charge in [0.15, 0.2) is 0 Å². The van der Waals surface area contributed by atoms with E-state index in [1.54, 1.807) is 19.2 Å². The molecule has 0 unspecified atom stereocenters. The van der Waals surface area contributed by atoms with Crippen LogP contribution in [0.2, 0.25) is 0 Å². The smallest absolute Gasteiger partial charge is 0.409 e. The minimum atomic E-state index is -0.682. The second-order valence-corrected chi connectivity index (χ2v) is 9.10. The number of hydrogen-bond donors (Lipinski definition) is 0. The molecule has 1 aliphatic heterocycles. The molecule has 2 aliphatic rings. The largest absolute Gasteiger partial charge is 0.448 e. The predicted molar refractivity (Wildman–Crippen MR) is 135 cm³/mol. The molecule has 3 amide bonds. The fraction of sp³-hybridized carbons (Fsp3) is 0.241. The van der Waals surface area contributed by atoms with Crippen molar-refractivity contribution in [2.75, 3.05) is 20.2 Å². The number of nitrogens with zero attached hydrogens (tertiary/aromatic N) is 2. The number of carbonyl (C=O) groups is 4. The summed E-state index contributed by atoms with van der Waals surface area (Å²) in [5.41, 5.74) is 5.06. The highest BCUT2D eigenvalue weighted by molar-refractivity contribution is 6.20. The van der Waals surface area contributed by atoms with Crippen molar-refractivity contribution in [2.24, 2.45) is 0 Å². The Morgan fingerprint density at radius 2 is 1.30 bits per heavy atom. The van der Waals surface area contributed by atoms with Crippen LogP contribution in [0, 0.1) is 0 Å². The van der Waals surface area contributed by atoms with Gasteiger partial charge in [-0.15, -0.1) is 0 Å². The summed E-state index contributed by atoms with van der Waals surface area (Å²) >= 11 is 0. The zero-order valence-corrected chi connectivity index (χ0v) is 20.4. The van der Waals surface area contributed by atoms with Crippen molar-refractivity contribution in [3.63, 3.8) is 0 Å². The number of imide groups is 1. The van der Waals surface area contributed by atoms with Gasteiger partial charge in [0.2, 0.25) is 0 Å². The molecule has 5 rings (SSSR count). The topological polar surface area (TPSA) is 93.2 Å². The van der Waals surface area contributed by atoms with Gasteiger partial charge < -0.3 is 14.5 Å². The Balaban J connectivity index is 1.06. The molecule has 0 fully saturated rings. The summed E-state index contributed by atoms with van der Waals surface area (Å²) in [5.74, 6) is -1.99. The maximum absolute atomic E-state index is 12.6. The Morgan fingerprint density at radius 3 is 1.86 bits per heavy atom. The normalized spacial score (nSPS) is 13.7. The second-order valence-electron chi connectivity index (χ2n) is 9.10. The molecule has 0 bridgehead atoms. The fourth-order valence-electron chi connectivity index (χ4n) is 4.81. The highest BCUT2D eigenvalue weighted by atomic mass is 16.7. The van der Waals surface area contributed by atoms with E-state index >= 15 is 0 Å². The van der Waals surface area contributed by atoms with Crippen LogP contribution in [0.4, 0.5) is 4.79 Å². The standard InChI is InChI=1S/C29H26N2O6/c1-30(17-9-8-16-26(32)37-31-27(33)23-14-6-7-15-24(23)28(31)34)29(35)36-18-25-21-12-4-2-10-19(21)20-11-3-5-13-22(20)25/h2-7,10-15,25H,8-9,16-18H2,1H3. The molecule has 3 aromatic rings. The number of rotatable bonds is 8. The molecule has 0 aromatic heterocycles. The van der Waals surface area contributed by atoms with E-state index in [2.05, 4.69) is 24.3 Å². The molecule has 37 heavy (non-hydrogen) atoms. The first-order valence-corrected chi connectivity index (χ1v) is 12.2. The molecule has 0 radical (unpaired) electrons. The second kappa shape index (κ2) is 10.3. The summed E-state index contributed by atoms with van der Waals surface area (Å²) < 4.78 is 5.64. The molecule has 0 atom stereocenters. The van der Waals surface area contributed by atoms with E-state index in [4.69, 9.17) is 9.57 Å². The van der Waals surface area contributed by atoms with Gasteiger partial charge in [-0.3, -0.25) is 9.59 Å². The van der Waals surface area contributed by atoms with Gasteiger partial charge >= 0.3 is 12.1 Å². The van der Waals surface area contributed by atoms with Crippen LogP contribution in [-0.4, -0.2) is 54.0 Å². The van der Waals surface area contributed by atoms with E-state index in [-0.39, 0.29) is 30.1 Å². The lowest BCUT2D eigenvalue weighted by Gasteiger charge is -2.19. The van der Waals surface area contributed by atoms with Gasteiger partial charge in [0, 0.05) is 25.9 Å². The van der Waals surface area contributed by atoms with Crippen LogP contribution in [0.25, 0.3) is 11.1 Å². The summed E-state index contributed by atoms with van der Waals surface area (Å²) in [6.45, 7) is 0.626. The summed E-state index contributed by atoms with van der Waals surface area (Å²) in [6.07, 6.45) is 0.516. The van der Waals surface area contributed by atoms with Gasteiger partial charge in [-0.1, -0.05) is 65.7 Å². The third-order valence-electron chi connectivity index (χ3n) is 6.72. The Bertz CT molecular complexity index is 1300. The number of hydrogen-bond acceptors (Lipinski definition) is 6. The highest BCUT2D eigenvalue weighted by Gasteiger charge is 2.38. The molecule has 1 heterocycles. The van der Waals surface area contributed by atoms with Gasteiger partial charge in [0.1, 0.15) is 6.61 Å². The Morgan fingerprint density at radius 1 is 0.784 bits per heavy atom. The quantitative estimate of drug-likeness (QED) is 0.327. The lowest BCUT2D eigenvalue weighted by atomic mass is 9.98. The van der Waals surface area contributed by atoms with Crippen LogP contribution < -0.4 is 0 Å². The maximum Gasteiger partial charge on any atom is 0.409 e. The Hall–Kier alpha value is -4.46. The number of fused-ring (bicyclic) bond motifs is 4. The van der Waals surface area contributed by atoms with E-state index < -0.39 is 23.9 Å². The van der Waals surface area contributed by atoms with Gasteiger partial charge in [-0.25, -0.2) is 9.59 Å². The molecule has 0 spiro atoms. The molecular formula is C29H26N2O6. The summed E-state index contributed by atoms with van der Waals surface area (Å²) in [7, 11) is 1.65. The van der Waals surface area contributed by atoms with E-state index in [1.165, 1.54) is 28.2 Å². The van der Waals surface area contributed by atoms with E-state index in [1.807, 2.05) is 24.3 Å². The van der Waals surface area contributed by atoms with Crippen molar-refractivity contribution in [1.29, 1.82) is 0 Å². The molecule has 3 aromatic carbocycles. The highest BCUT2D eigenvalue weighted by Crippen LogP contribution is 2.44. The Labute approximate surface area is 214 Å². The summed E-state index contributed by atoms with van der Waals surface area (Å²) in [4.78, 5) is 55.9. The average molecular weight is 499 g/mol. The molecule has 0 saturated carbocycles. The van der Waals surface area contributed by atoms with E-state index in [0.29, 0.717) is 24.4 Å². The SMILES string of the molecule is CN(CCCCC(=O)ON1C(=O)c2ccccc2C1=O)C(=O)OCC1c2ccccc2-c2ccccc21. The molecule has 8 heteroatoms.